The van der Waals surface area contributed by atoms with Gasteiger partial charge in [-0.1, -0.05) is 18.2 Å². The summed E-state index contributed by atoms with van der Waals surface area (Å²) in [6.45, 7) is 7.42. The molecule has 1 unspecified atom stereocenters. The number of nitrogens with zero attached hydrogens (tertiary/aromatic N) is 1. The predicted octanol–water partition coefficient (Wildman–Crippen LogP) is 4.21. The Hall–Kier alpha value is -2.53. The van der Waals surface area contributed by atoms with Crippen molar-refractivity contribution >= 4 is 5.91 Å². The Kier molecular flexibility index (Phi) is 6.00. The molecule has 2 aromatic rings. The summed E-state index contributed by atoms with van der Waals surface area (Å²) in [4.78, 5) is 14.6. The second-order valence-corrected chi connectivity index (χ2v) is 8.26. The standard InChI is InChI=1S/C25H32N2O3/c1-4-27(5-2)24(28)19-11-9-18(10-12-19)20-17-25(13-15-26-16-14-25)30-22-8-6-7-21(29-3)23(20)22/h6-12,20,26H,4-5,13-17H2,1-3H3. The lowest BCUT2D eigenvalue weighted by Crippen LogP contribution is -2.49. The van der Waals surface area contributed by atoms with Crippen LogP contribution in [0.2, 0.25) is 0 Å². The smallest absolute Gasteiger partial charge is 0.253 e. The minimum absolute atomic E-state index is 0.0892. The molecule has 2 aliphatic rings. The lowest BCUT2D eigenvalue weighted by Gasteiger charge is -2.45. The molecule has 1 amide bonds. The Labute approximate surface area is 179 Å². The highest BCUT2D eigenvalue weighted by Crippen LogP contribution is 2.50. The number of rotatable bonds is 5. The van der Waals surface area contributed by atoms with E-state index >= 15 is 0 Å². The number of fused-ring (bicyclic) bond motifs is 1. The zero-order valence-corrected chi connectivity index (χ0v) is 18.2. The normalized spacial score (nSPS) is 19.6. The molecule has 0 saturated carbocycles. The fourth-order valence-corrected chi connectivity index (χ4v) is 4.91. The summed E-state index contributed by atoms with van der Waals surface area (Å²) in [6.07, 6.45) is 2.92. The molecule has 0 aromatic heterocycles. The first-order chi connectivity index (χ1) is 14.6. The highest BCUT2D eigenvalue weighted by atomic mass is 16.5. The summed E-state index contributed by atoms with van der Waals surface area (Å²) >= 11 is 0. The maximum Gasteiger partial charge on any atom is 0.253 e. The number of nitrogens with one attached hydrogen (secondary N) is 1. The summed E-state index contributed by atoms with van der Waals surface area (Å²) in [6, 6.07) is 14.2. The Morgan fingerprint density at radius 3 is 2.47 bits per heavy atom. The Morgan fingerprint density at radius 2 is 1.83 bits per heavy atom. The average Bonchev–Trinajstić information content (AvgIpc) is 2.79. The van der Waals surface area contributed by atoms with Crippen molar-refractivity contribution in [1.29, 1.82) is 0 Å². The molecule has 30 heavy (non-hydrogen) atoms. The van der Waals surface area contributed by atoms with E-state index in [0.717, 1.165) is 68.1 Å². The zero-order chi connectivity index (χ0) is 21.1. The number of amides is 1. The van der Waals surface area contributed by atoms with Crippen LogP contribution in [0.4, 0.5) is 0 Å². The van der Waals surface area contributed by atoms with Gasteiger partial charge < -0.3 is 19.7 Å². The number of hydrogen-bond donors (Lipinski definition) is 1. The van der Waals surface area contributed by atoms with Gasteiger partial charge in [-0.15, -0.1) is 0 Å². The van der Waals surface area contributed by atoms with Gasteiger partial charge in [-0.25, -0.2) is 0 Å². The first kappa shape index (κ1) is 20.7. The van der Waals surface area contributed by atoms with Gasteiger partial charge in [0.15, 0.2) is 0 Å². The third-order valence-corrected chi connectivity index (χ3v) is 6.62. The number of carbonyl (C=O) groups excluding carboxylic acids is 1. The third kappa shape index (κ3) is 3.79. The number of benzene rings is 2. The molecular weight excluding hydrogens is 376 g/mol. The van der Waals surface area contributed by atoms with E-state index in [-0.39, 0.29) is 17.4 Å². The van der Waals surface area contributed by atoms with E-state index in [9.17, 15) is 4.79 Å². The zero-order valence-electron chi connectivity index (χ0n) is 18.2. The van der Waals surface area contributed by atoms with E-state index in [2.05, 4.69) is 23.5 Å². The van der Waals surface area contributed by atoms with Gasteiger partial charge in [0.05, 0.1) is 7.11 Å². The highest BCUT2D eigenvalue weighted by Gasteiger charge is 2.43. The van der Waals surface area contributed by atoms with E-state index in [1.165, 1.54) is 5.56 Å². The van der Waals surface area contributed by atoms with E-state index < -0.39 is 0 Å². The molecule has 0 radical (unpaired) electrons. The number of methoxy groups -OCH3 is 1. The Morgan fingerprint density at radius 1 is 1.13 bits per heavy atom. The molecule has 0 bridgehead atoms. The van der Waals surface area contributed by atoms with Crippen molar-refractivity contribution in [3.05, 3.63) is 59.2 Å². The van der Waals surface area contributed by atoms with Crippen molar-refractivity contribution in [1.82, 2.24) is 10.2 Å². The molecule has 4 rings (SSSR count). The van der Waals surface area contributed by atoms with Crippen LogP contribution >= 0.6 is 0 Å². The molecule has 2 aliphatic heterocycles. The van der Waals surface area contributed by atoms with E-state index in [1.807, 2.05) is 43.0 Å². The van der Waals surface area contributed by atoms with Gasteiger partial charge in [0.1, 0.15) is 17.1 Å². The quantitative estimate of drug-likeness (QED) is 0.805. The van der Waals surface area contributed by atoms with Crippen LogP contribution < -0.4 is 14.8 Å². The number of carbonyl (C=O) groups is 1. The SMILES string of the molecule is CCN(CC)C(=O)c1ccc(C2CC3(CCNCC3)Oc3cccc(OC)c32)cc1. The van der Waals surface area contributed by atoms with Gasteiger partial charge in [0.25, 0.3) is 5.91 Å². The molecule has 2 heterocycles. The Balaban J connectivity index is 1.71. The van der Waals surface area contributed by atoms with Gasteiger partial charge >= 0.3 is 0 Å². The van der Waals surface area contributed by atoms with Crippen molar-refractivity contribution in [2.75, 3.05) is 33.3 Å². The van der Waals surface area contributed by atoms with Gasteiger partial charge in [-0.2, -0.15) is 0 Å². The Bertz CT molecular complexity index is 884. The summed E-state index contributed by atoms with van der Waals surface area (Å²) in [5.41, 5.74) is 2.92. The lowest BCUT2D eigenvalue weighted by molar-refractivity contribution is 0.0107. The fraction of sp³-hybridized carbons (Fsp3) is 0.480. The van der Waals surface area contributed by atoms with Crippen LogP contribution in [0.5, 0.6) is 11.5 Å². The second kappa shape index (κ2) is 8.68. The van der Waals surface area contributed by atoms with Crippen molar-refractivity contribution in [2.24, 2.45) is 0 Å². The van der Waals surface area contributed by atoms with Crippen LogP contribution in [0.1, 0.15) is 60.5 Å². The molecule has 1 fully saturated rings. The molecular formula is C25H32N2O3. The van der Waals surface area contributed by atoms with Gasteiger partial charge in [0.2, 0.25) is 0 Å². The van der Waals surface area contributed by atoms with Crippen molar-refractivity contribution < 1.29 is 14.3 Å². The van der Waals surface area contributed by atoms with E-state index in [1.54, 1.807) is 7.11 Å². The molecule has 5 nitrogen and oxygen atoms in total. The van der Waals surface area contributed by atoms with Crippen LogP contribution in [0.25, 0.3) is 0 Å². The van der Waals surface area contributed by atoms with Crippen molar-refractivity contribution in [3.8, 4) is 11.5 Å². The third-order valence-electron chi connectivity index (χ3n) is 6.62. The van der Waals surface area contributed by atoms with Gasteiger partial charge in [-0.3, -0.25) is 4.79 Å². The largest absolute Gasteiger partial charge is 0.496 e. The van der Waals surface area contributed by atoms with Crippen LogP contribution in [-0.4, -0.2) is 49.7 Å². The molecule has 1 spiro atoms. The lowest BCUT2D eigenvalue weighted by atomic mass is 9.74. The first-order valence-corrected chi connectivity index (χ1v) is 11.1. The number of hydrogen-bond acceptors (Lipinski definition) is 4. The average molecular weight is 409 g/mol. The van der Waals surface area contributed by atoms with Crippen LogP contribution in [-0.2, 0) is 0 Å². The predicted molar refractivity (Wildman–Crippen MR) is 119 cm³/mol. The maximum absolute atomic E-state index is 12.7. The molecule has 2 aromatic carbocycles. The summed E-state index contributed by atoms with van der Waals surface area (Å²) in [5.74, 6) is 2.06. The molecule has 0 aliphatic carbocycles. The van der Waals surface area contributed by atoms with Crippen LogP contribution in [0, 0.1) is 0 Å². The summed E-state index contributed by atoms with van der Waals surface area (Å²) < 4.78 is 12.3. The first-order valence-electron chi connectivity index (χ1n) is 11.1. The molecule has 160 valence electrons. The van der Waals surface area contributed by atoms with Crippen molar-refractivity contribution in [3.63, 3.8) is 0 Å². The monoisotopic (exact) mass is 408 g/mol. The number of ether oxygens (including phenoxy) is 2. The minimum Gasteiger partial charge on any atom is -0.496 e. The van der Waals surface area contributed by atoms with E-state index in [4.69, 9.17) is 9.47 Å². The molecule has 1 atom stereocenters. The highest BCUT2D eigenvalue weighted by molar-refractivity contribution is 5.94. The van der Waals surface area contributed by atoms with Crippen LogP contribution in [0.3, 0.4) is 0 Å². The molecule has 1 saturated heterocycles. The van der Waals surface area contributed by atoms with E-state index in [0.29, 0.717) is 0 Å². The summed E-state index contributed by atoms with van der Waals surface area (Å²) in [7, 11) is 1.72. The van der Waals surface area contributed by atoms with Gasteiger partial charge in [-0.05, 0) is 76.0 Å². The molecule has 1 N–H and O–H groups in total. The van der Waals surface area contributed by atoms with Crippen LogP contribution in [0.15, 0.2) is 42.5 Å². The summed E-state index contributed by atoms with van der Waals surface area (Å²) in [5, 5.41) is 3.45. The van der Waals surface area contributed by atoms with Gasteiger partial charge in [0, 0.05) is 30.1 Å². The topological polar surface area (TPSA) is 50.8 Å². The maximum atomic E-state index is 12.7. The number of piperidine rings is 1. The molecule has 5 heteroatoms. The minimum atomic E-state index is -0.148. The van der Waals surface area contributed by atoms with Crippen molar-refractivity contribution in [2.45, 2.75) is 44.6 Å². The fourth-order valence-electron chi connectivity index (χ4n) is 4.91. The second-order valence-electron chi connectivity index (χ2n) is 8.26.